The van der Waals surface area contributed by atoms with Crippen LogP contribution in [0.1, 0.15) is 49.3 Å². The fraction of sp³-hybridized carbons (Fsp3) is 0.444. The number of carbonyl (C=O) groups excluding carboxylic acids is 2. The number of aliphatic hydroxyl groups excluding tert-OH is 1. The second-order valence-electron chi connectivity index (χ2n) is 9.34. The molecular formula is C27H34N6O4. The second-order valence-corrected chi connectivity index (χ2v) is 9.34. The maximum absolute atomic E-state index is 13.6. The summed E-state index contributed by atoms with van der Waals surface area (Å²) in [5.41, 5.74) is 2.52. The van der Waals surface area contributed by atoms with Crippen LogP contribution in [0, 0.1) is 6.92 Å². The van der Waals surface area contributed by atoms with Gasteiger partial charge in [0.1, 0.15) is 18.3 Å². The Morgan fingerprint density at radius 3 is 2.49 bits per heavy atom. The van der Waals surface area contributed by atoms with Gasteiger partial charge in [-0.05, 0) is 61.2 Å². The van der Waals surface area contributed by atoms with Crippen LogP contribution in [0.5, 0.6) is 5.75 Å². The zero-order valence-electron chi connectivity index (χ0n) is 21.3. The third-order valence-corrected chi connectivity index (χ3v) is 6.61. The standard InChI is InChI=1S/C27H34N6O4/c1-19-8-10-20(11-9-19)25(27(36)28-22-6-3-4-7-22)32(16-5-17-34)24(35)18-33-30-26(29-31-33)21-12-14-23(37-2)15-13-21/h8-15,22,25,34H,3-7,16-18H2,1-2H3,(H,28,36). The Hall–Kier alpha value is -3.79. The van der Waals surface area contributed by atoms with Crippen LogP contribution < -0.4 is 10.1 Å². The molecule has 1 fully saturated rings. The van der Waals surface area contributed by atoms with E-state index in [1.54, 1.807) is 19.2 Å². The predicted octanol–water partition coefficient (Wildman–Crippen LogP) is 2.67. The third kappa shape index (κ3) is 6.71. The molecule has 1 aliphatic carbocycles. The van der Waals surface area contributed by atoms with Gasteiger partial charge in [-0.1, -0.05) is 42.7 Å². The zero-order valence-corrected chi connectivity index (χ0v) is 21.3. The summed E-state index contributed by atoms with van der Waals surface area (Å²) < 4.78 is 5.19. The van der Waals surface area contributed by atoms with E-state index in [0.29, 0.717) is 18.0 Å². The number of carbonyl (C=O) groups is 2. The van der Waals surface area contributed by atoms with Crippen molar-refractivity contribution in [3.05, 3.63) is 59.7 Å². The van der Waals surface area contributed by atoms with Gasteiger partial charge in [0.05, 0.1) is 7.11 Å². The molecule has 2 N–H and O–H groups in total. The molecule has 1 unspecified atom stereocenters. The highest BCUT2D eigenvalue weighted by molar-refractivity contribution is 5.89. The Labute approximate surface area is 216 Å². The first-order valence-corrected chi connectivity index (χ1v) is 12.7. The number of aliphatic hydroxyl groups is 1. The van der Waals surface area contributed by atoms with Gasteiger partial charge in [-0.3, -0.25) is 9.59 Å². The number of tetrazole rings is 1. The number of hydrogen-bond acceptors (Lipinski definition) is 7. The average Bonchev–Trinajstić information content (AvgIpc) is 3.59. The number of ether oxygens (including phenoxy) is 1. The summed E-state index contributed by atoms with van der Waals surface area (Å²) in [6.07, 6.45) is 4.39. The molecule has 37 heavy (non-hydrogen) atoms. The van der Waals surface area contributed by atoms with Crippen molar-refractivity contribution in [1.29, 1.82) is 0 Å². The van der Waals surface area contributed by atoms with Crippen molar-refractivity contribution in [2.45, 2.75) is 57.7 Å². The van der Waals surface area contributed by atoms with Gasteiger partial charge in [0, 0.05) is 24.8 Å². The minimum absolute atomic E-state index is 0.0994. The quantitative estimate of drug-likeness (QED) is 0.410. The number of aromatic nitrogens is 4. The minimum Gasteiger partial charge on any atom is -0.497 e. The molecule has 1 saturated carbocycles. The van der Waals surface area contributed by atoms with Gasteiger partial charge in [-0.15, -0.1) is 10.2 Å². The largest absolute Gasteiger partial charge is 0.497 e. The summed E-state index contributed by atoms with van der Waals surface area (Å²) in [7, 11) is 1.59. The van der Waals surface area contributed by atoms with Gasteiger partial charge in [-0.25, -0.2) is 0 Å². The third-order valence-electron chi connectivity index (χ3n) is 6.61. The van der Waals surface area contributed by atoms with Crippen LogP contribution in [0.25, 0.3) is 11.4 Å². The van der Waals surface area contributed by atoms with Crippen LogP contribution in [0.2, 0.25) is 0 Å². The van der Waals surface area contributed by atoms with Crippen molar-refractivity contribution in [2.24, 2.45) is 0 Å². The van der Waals surface area contributed by atoms with Crippen molar-refractivity contribution in [2.75, 3.05) is 20.3 Å². The number of amides is 2. The number of aryl methyl sites for hydroxylation is 1. The van der Waals surface area contributed by atoms with Crippen molar-refractivity contribution < 1.29 is 19.4 Å². The molecule has 1 heterocycles. The van der Waals surface area contributed by atoms with Crippen molar-refractivity contribution in [3.8, 4) is 17.1 Å². The molecule has 2 amide bonds. The molecule has 196 valence electrons. The number of nitrogens with zero attached hydrogens (tertiary/aromatic N) is 5. The summed E-state index contributed by atoms with van der Waals surface area (Å²) in [6, 6.07) is 14.1. The van der Waals surface area contributed by atoms with E-state index in [9.17, 15) is 14.7 Å². The van der Waals surface area contributed by atoms with E-state index in [4.69, 9.17) is 4.74 Å². The van der Waals surface area contributed by atoms with Crippen LogP contribution in [-0.4, -0.2) is 68.3 Å². The number of benzene rings is 2. The molecule has 1 aromatic heterocycles. The molecule has 2 aromatic carbocycles. The van der Waals surface area contributed by atoms with E-state index in [1.807, 2.05) is 43.3 Å². The molecular weight excluding hydrogens is 472 g/mol. The van der Waals surface area contributed by atoms with E-state index in [0.717, 1.165) is 42.4 Å². The van der Waals surface area contributed by atoms with Crippen molar-refractivity contribution in [3.63, 3.8) is 0 Å². The molecule has 10 heteroatoms. The van der Waals surface area contributed by atoms with E-state index >= 15 is 0 Å². The molecule has 0 aliphatic heterocycles. The molecule has 0 radical (unpaired) electrons. The Kier molecular flexibility index (Phi) is 8.84. The Morgan fingerprint density at radius 2 is 1.84 bits per heavy atom. The highest BCUT2D eigenvalue weighted by Gasteiger charge is 2.33. The summed E-state index contributed by atoms with van der Waals surface area (Å²) >= 11 is 0. The summed E-state index contributed by atoms with van der Waals surface area (Å²) in [5.74, 6) is 0.544. The molecule has 1 aliphatic rings. The summed E-state index contributed by atoms with van der Waals surface area (Å²) in [6.45, 7) is 1.90. The highest BCUT2D eigenvalue weighted by atomic mass is 16.5. The van der Waals surface area contributed by atoms with Crippen molar-refractivity contribution in [1.82, 2.24) is 30.4 Å². The van der Waals surface area contributed by atoms with E-state index in [1.165, 1.54) is 9.70 Å². The minimum atomic E-state index is -0.829. The number of rotatable bonds is 11. The molecule has 10 nitrogen and oxygen atoms in total. The van der Waals surface area contributed by atoms with Crippen molar-refractivity contribution >= 4 is 11.8 Å². The number of methoxy groups -OCH3 is 1. The maximum atomic E-state index is 13.6. The number of nitrogens with one attached hydrogen (secondary N) is 1. The van der Waals surface area contributed by atoms with Gasteiger partial charge < -0.3 is 20.1 Å². The normalized spacial score (nSPS) is 14.4. The van der Waals surface area contributed by atoms with Crippen LogP contribution >= 0.6 is 0 Å². The second kappa shape index (κ2) is 12.4. The zero-order chi connectivity index (χ0) is 26.2. The Balaban J connectivity index is 1.57. The van der Waals surface area contributed by atoms with Gasteiger partial charge in [0.25, 0.3) is 0 Å². The fourth-order valence-corrected chi connectivity index (χ4v) is 4.59. The molecule has 3 aromatic rings. The first kappa shape index (κ1) is 26.3. The van der Waals surface area contributed by atoms with Gasteiger partial charge in [-0.2, -0.15) is 4.80 Å². The van der Waals surface area contributed by atoms with Gasteiger partial charge in [0.2, 0.25) is 17.6 Å². The van der Waals surface area contributed by atoms with Gasteiger partial charge in [0.15, 0.2) is 0 Å². The smallest absolute Gasteiger partial charge is 0.247 e. The van der Waals surface area contributed by atoms with Crippen LogP contribution in [0.15, 0.2) is 48.5 Å². The summed E-state index contributed by atoms with van der Waals surface area (Å²) in [5, 5.41) is 25.2. The molecule has 0 saturated heterocycles. The van der Waals surface area contributed by atoms with E-state index < -0.39 is 6.04 Å². The summed E-state index contributed by atoms with van der Waals surface area (Å²) in [4.78, 5) is 29.9. The molecule has 0 spiro atoms. The monoisotopic (exact) mass is 506 g/mol. The first-order valence-electron chi connectivity index (χ1n) is 12.7. The highest BCUT2D eigenvalue weighted by Crippen LogP contribution is 2.25. The molecule has 1 atom stereocenters. The van der Waals surface area contributed by atoms with Crippen LogP contribution in [0.4, 0.5) is 0 Å². The maximum Gasteiger partial charge on any atom is 0.247 e. The first-order chi connectivity index (χ1) is 18.0. The lowest BCUT2D eigenvalue weighted by molar-refractivity contribution is -0.142. The lowest BCUT2D eigenvalue weighted by Crippen LogP contribution is -2.47. The van der Waals surface area contributed by atoms with E-state index in [2.05, 4.69) is 20.7 Å². The Morgan fingerprint density at radius 1 is 1.14 bits per heavy atom. The Bertz CT molecular complexity index is 1170. The SMILES string of the molecule is COc1ccc(-c2nnn(CC(=O)N(CCCO)C(C(=O)NC3CCCC3)c3ccc(C)cc3)n2)cc1. The lowest BCUT2D eigenvalue weighted by atomic mass is 10.0. The topological polar surface area (TPSA) is 122 Å². The van der Waals surface area contributed by atoms with Crippen LogP contribution in [0.3, 0.4) is 0 Å². The van der Waals surface area contributed by atoms with Crippen LogP contribution in [-0.2, 0) is 16.1 Å². The fourth-order valence-electron chi connectivity index (χ4n) is 4.59. The average molecular weight is 507 g/mol. The van der Waals surface area contributed by atoms with E-state index in [-0.39, 0.29) is 37.6 Å². The molecule has 0 bridgehead atoms. The predicted molar refractivity (Wildman–Crippen MR) is 138 cm³/mol. The number of hydrogen-bond donors (Lipinski definition) is 2. The molecule has 4 rings (SSSR count). The van der Waals surface area contributed by atoms with Gasteiger partial charge >= 0.3 is 0 Å². The lowest BCUT2D eigenvalue weighted by Gasteiger charge is -2.32.